The number of aliphatic hydroxyl groups is 1. The molecule has 2 aromatic rings. The van der Waals surface area contributed by atoms with Gasteiger partial charge in [0.25, 0.3) is 0 Å². The maximum Gasteiger partial charge on any atom is 0.416 e. The second-order valence-electron chi connectivity index (χ2n) is 4.33. The Labute approximate surface area is 112 Å². The molecule has 2 rings (SSSR count). The molecule has 20 heavy (non-hydrogen) atoms. The lowest BCUT2D eigenvalue weighted by Crippen LogP contribution is -2.15. The zero-order valence-corrected chi connectivity index (χ0v) is 10.5. The molecule has 1 aromatic heterocycles. The van der Waals surface area contributed by atoms with Crippen LogP contribution in [0.15, 0.2) is 24.3 Å². The standard InChI is InChI=1S/C13H12F3NO3/c1-2-17-9-6-8(13(14,15)16)4-3-7(9)5-10(17)11(18)12(19)20/h3-6,11,18H,2H2,1H3,(H,19,20). The maximum atomic E-state index is 12.7. The minimum Gasteiger partial charge on any atom is -0.479 e. The lowest BCUT2D eigenvalue weighted by atomic mass is 10.1. The third-order valence-electron chi connectivity index (χ3n) is 3.09. The average molecular weight is 287 g/mol. The summed E-state index contributed by atoms with van der Waals surface area (Å²) in [5.41, 5.74) is -0.499. The first-order chi connectivity index (χ1) is 9.25. The molecular formula is C13H12F3NO3. The summed E-state index contributed by atoms with van der Waals surface area (Å²) in [6.07, 6.45) is -6.24. The Kier molecular flexibility index (Phi) is 3.47. The molecule has 0 bridgehead atoms. The topological polar surface area (TPSA) is 62.5 Å². The van der Waals surface area contributed by atoms with E-state index in [1.807, 2.05) is 0 Å². The van der Waals surface area contributed by atoms with Crippen LogP contribution in [0.3, 0.4) is 0 Å². The summed E-state index contributed by atoms with van der Waals surface area (Å²) in [5, 5.41) is 18.9. The summed E-state index contributed by atoms with van der Waals surface area (Å²) < 4.78 is 39.4. The molecule has 0 saturated carbocycles. The van der Waals surface area contributed by atoms with E-state index in [1.54, 1.807) is 6.92 Å². The second kappa shape index (κ2) is 4.82. The van der Waals surface area contributed by atoms with Gasteiger partial charge < -0.3 is 14.8 Å². The molecule has 0 aliphatic rings. The Morgan fingerprint density at radius 3 is 2.50 bits per heavy atom. The number of nitrogens with zero attached hydrogens (tertiary/aromatic N) is 1. The zero-order valence-electron chi connectivity index (χ0n) is 10.5. The van der Waals surface area contributed by atoms with Crippen LogP contribution in [0.1, 0.15) is 24.3 Å². The van der Waals surface area contributed by atoms with Crippen molar-refractivity contribution in [3.63, 3.8) is 0 Å². The smallest absolute Gasteiger partial charge is 0.416 e. The fraction of sp³-hybridized carbons (Fsp3) is 0.308. The predicted molar refractivity (Wildman–Crippen MR) is 65.2 cm³/mol. The molecule has 7 heteroatoms. The molecule has 0 amide bonds. The molecule has 2 N–H and O–H groups in total. The summed E-state index contributed by atoms with van der Waals surface area (Å²) in [6, 6.07) is 4.54. The van der Waals surface area contributed by atoms with Gasteiger partial charge in [-0.1, -0.05) is 6.07 Å². The van der Waals surface area contributed by atoms with Gasteiger partial charge in [0.1, 0.15) is 0 Å². The predicted octanol–water partition coefficient (Wildman–Crippen LogP) is 2.80. The Hall–Kier alpha value is -2.02. The normalized spacial score (nSPS) is 13.7. The summed E-state index contributed by atoms with van der Waals surface area (Å²) >= 11 is 0. The van der Waals surface area contributed by atoms with Gasteiger partial charge in [-0.15, -0.1) is 0 Å². The van der Waals surface area contributed by atoms with E-state index in [2.05, 4.69) is 0 Å². The van der Waals surface area contributed by atoms with Crippen molar-refractivity contribution in [2.45, 2.75) is 25.7 Å². The number of benzene rings is 1. The van der Waals surface area contributed by atoms with Crippen LogP contribution in [0.5, 0.6) is 0 Å². The van der Waals surface area contributed by atoms with Crippen molar-refractivity contribution in [3.8, 4) is 0 Å². The Morgan fingerprint density at radius 2 is 2.00 bits per heavy atom. The van der Waals surface area contributed by atoms with Gasteiger partial charge in [0.15, 0.2) is 6.10 Å². The van der Waals surface area contributed by atoms with E-state index in [9.17, 15) is 23.1 Å². The number of aromatic nitrogens is 1. The van der Waals surface area contributed by atoms with Crippen LogP contribution >= 0.6 is 0 Å². The van der Waals surface area contributed by atoms with Gasteiger partial charge in [0, 0.05) is 17.4 Å². The molecule has 0 spiro atoms. The number of rotatable bonds is 3. The lowest BCUT2D eigenvalue weighted by molar-refractivity contribution is -0.147. The van der Waals surface area contributed by atoms with Crippen molar-refractivity contribution in [2.24, 2.45) is 0 Å². The number of alkyl halides is 3. The molecule has 1 unspecified atom stereocenters. The van der Waals surface area contributed by atoms with E-state index < -0.39 is 23.8 Å². The minimum atomic E-state index is -4.47. The third-order valence-corrected chi connectivity index (χ3v) is 3.09. The van der Waals surface area contributed by atoms with Gasteiger partial charge in [-0.25, -0.2) is 4.79 Å². The first kappa shape index (κ1) is 14.4. The number of carboxylic acid groups (broad SMARTS) is 1. The fourth-order valence-corrected chi connectivity index (χ4v) is 2.16. The highest BCUT2D eigenvalue weighted by Crippen LogP contribution is 2.33. The van der Waals surface area contributed by atoms with Crippen LogP contribution in [-0.4, -0.2) is 20.7 Å². The quantitative estimate of drug-likeness (QED) is 0.912. The van der Waals surface area contributed by atoms with E-state index in [1.165, 1.54) is 16.7 Å². The number of carbonyl (C=O) groups is 1. The van der Waals surface area contributed by atoms with Crippen LogP contribution in [0.4, 0.5) is 13.2 Å². The van der Waals surface area contributed by atoms with Crippen molar-refractivity contribution in [2.75, 3.05) is 0 Å². The molecule has 108 valence electrons. The third kappa shape index (κ3) is 2.36. The van der Waals surface area contributed by atoms with E-state index >= 15 is 0 Å². The number of halogens is 3. The molecular weight excluding hydrogens is 275 g/mol. The van der Waals surface area contributed by atoms with E-state index in [0.717, 1.165) is 12.1 Å². The number of hydrogen-bond acceptors (Lipinski definition) is 2. The molecule has 0 radical (unpaired) electrons. The maximum absolute atomic E-state index is 12.7. The van der Waals surface area contributed by atoms with Crippen molar-refractivity contribution < 1.29 is 28.2 Å². The van der Waals surface area contributed by atoms with Crippen molar-refractivity contribution >= 4 is 16.9 Å². The zero-order chi connectivity index (χ0) is 15.1. The summed E-state index contributed by atoms with van der Waals surface area (Å²) in [4.78, 5) is 10.8. The van der Waals surface area contributed by atoms with Crippen LogP contribution in [0, 0.1) is 0 Å². The largest absolute Gasteiger partial charge is 0.479 e. The number of aliphatic carboxylic acids is 1. The van der Waals surface area contributed by atoms with Crippen molar-refractivity contribution in [1.82, 2.24) is 4.57 Å². The highest BCUT2D eigenvalue weighted by molar-refractivity contribution is 5.84. The Bertz CT molecular complexity index is 661. The number of aryl methyl sites for hydroxylation is 1. The van der Waals surface area contributed by atoms with Crippen molar-refractivity contribution in [1.29, 1.82) is 0 Å². The van der Waals surface area contributed by atoms with E-state index in [0.29, 0.717) is 5.39 Å². The molecule has 0 aliphatic carbocycles. The van der Waals surface area contributed by atoms with Crippen LogP contribution in [0.25, 0.3) is 10.9 Å². The molecule has 0 saturated heterocycles. The number of carboxylic acids is 1. The van der Waals surface area contributed by atoms with Crippen molar-refractivity contribution in [3.05, 3.63) is 35.5 Å². The van der Waals surface area contributed by atoms with Gasteiger partial charge in [-0.3, -0.25) is 0 Å². The highest BCUT2D eigenvalue weighted by atomic mass is 19.4. The number of fused-ring (bicyclic) bond motifs is 1. The first-order valence-electron chi connectivity index (χ1n) is 5.87. The molecule has 1 atom stereocenters. The lowest BCUT2D eigenvalue weighted by Gasteiger charge is -2.11. The van der Waals surface area contributed by atoms with Gasteiger partial charge >= 0.3 is 12.1 Å². The van der Waals surface area contributed by atoms with Gasteiger partial charge in [-0.2, -0.15) is 13.2 Å². The van der Waals surface area contributed by atoms with E-state index in [4.69, 9.17) is 5.11 Å². The monoisotopic (exact) mass is 287 g/mol. The molecule has 1 heterocycles. The molecule has 0 fully saturated rings. The summed E-state index contributed by atoms with van der Waals surface area (Å²) in [5.74, 6) is -1.45. The molecule has 1 aromatic carbocycles. The SMILES string of the molecule is CCn1c(C(O)C(=O)O)cc2ccc(C(F)(F)F)cc21. The highest BCUT2D eigenvalue weighted by Gasteiger charge is 2.31. The summed E-state index contributed by atoms with van der Waals surface area (Å²) in [6.45, 7) is 1.92. The van der Waals surface area contributed by atoms with Gasteiger partial charge in [0.05, 0.1) is 11.3 Å². The van der Waals surface area contributed by atoms with Gasteiger partial charge in [0.2, 0.25) is 0 Å². The molecule has 4 nitrogen and oxygen atoms in total. The Morgan fingerprint density at radius 1 is 1.35 bits per heavy atom. The van der Waals surface area contributed by atoms with Gasteiger partial charge in [-0.05, 0) is 25.1 Å². The average Bonchev–Trinajstić information content (AvgIpc) is 2.73. The van der Waals surface area contributed by atoms with Crippen LogP contribution in [-0.2, 0) is 17.5 Å². The molecule has 0 aliphatic heterocycles. The minimum absolute atomic E-state index is 0.0642. The summed E-state index contributed by atoms with van der Waals surface area (Å²) in [7, 11) is 0. The van der Waals surface area contributed by atoms with Crippen LogP contribution in [0.2, 0.25) is 0 Å². The second-order valence-corrected chi connectivity index (χ2v) is 4.33. The first-order valence-corrected chi connectivity index (χ1v) is 5.87. The fourth-order valence-electron chi connectivity index (χ4n) is 2.16. The number of aliphatic hydroxyl groups excluding tert-OH is 1. The Balaban J connectivity index is 2.67. The van der Waals surface area contributed by atoms with Crippen LogP contribution < -0.4 is 0 Å². The number of hydrogen-bond donors (Lipinski definition) is 2. The van der Waals surface area contributed by atoms with E-state index in [-0.39, 0.29) is 17.8 Å².